The third-order valence-corrected chi connectivity index (χ3v) is 11.3. The summed E-state index contributed by atoms with van der Waals surface area (Å²) >= 11 is 0. The fraction of sp³-hybridized carbons (Fsp3) is 0.585. The lowest BCUT2D eigenvalue weighted by Crippen LogP contribution is -2.56. The van der Waals surface area contributed by atoms with Crippen LogP contribution in [0.2, 0.25) is 0 Å². The van der Waals surface area contributed by atoms with Crippen molar-refractivity contribution in [3.8, 4) is 0 Å². The van der Waals surface area contributed by atoms with E-state index in [-0.39, 0.29) is 36.0 Å². The van der Waals surface area contributed by atoms with Crippen LogP contribution in [-0.2, 0) is 38.1 Å². The summed E-state index contributed by atoms with van der Waals surface area (Å²) in [7, 11) is 1.38. The third-order valence-electron chi connectivity index (χ3n) is 11.3. The molecule has 4 heterocycles. The molecule has 11 nitrogen and oxygen atoms in total. The summed E-state index contributed by atoms with van der Waals surface area (Å²) in [6.45, 7) is 9.93. The second-order valence-corrected chi connectivity index (χ2v) is 15.1. The number of benzene rings is 1. The van der Waals surface area contributed by atoms with Crippen molar-refractivity contribution in [3.63, 3.8) is 0 Å². The normalized spacial score (nSPS) is 41.0. The molecule has 3 saturated heterocycles. The Labute approximate surface area is 306 Å². The Balaban J connectivity index is 1.40. The maximum Gasteiger partial charge on any atom is 0.361 e. The van der Waals surface area contributed by atoms with E-state index in [9.17, 15) is 19.8 Å². The molecule has 2 N–H and O–H groups in total. The number of nitrogens with zero attached hydrogens (tertiary/aromatic N) is 1. The molecular formula is C41H53NO10. The van der Waals surface area contributed by atoms with Gasteiger partial charge in [0.05, 0.1) is 30.5 Å². The van der Waals surface area contributed by atoms with Crippen LogP contribution >= 0.6 is 0 Å². The number of allylic oxidation sites excluding steroid dienone is 2. The number of aliphatic hydroxyl groups excluding tert-OH is 1. The molecule has 282 valence electrons. The van der Waals surface area contributed by atoms with E-state index < -0.39 is 53.7 Å². The average molecular weight is 720 g/mol. The van der Waals surface area contributed by atoms with Gasteiger partial charge in [-0.1, -0.05) is 93.6 Å². The van der Waals surface area contributed by atoms with Crippen molar-refractivity contribution in [2.24, 2.45) is 22.9 Å². The van der Waals surface area contributed by atoms with Crippen molar-refractivity contribution in [2.75, 3.05) is 13.7 Å². The molecule has 0 aromatic heterocycles. The van der Waals surface area contributed by atoms with Crippen LogP contribution in [0.4, 0.5) is 0 Å². The highest BCUT2D eigenvalue weighted by atomic mass is 16.7. The van der Waals surface area contributed by atoms with Gasteiger partial charge in [-0.05, 0) is 43.3 Å². The molecule has 5 aliphatic rings. The van der Waals surface area contributed by atoms with E-state index in [4.69, 9.17) is 28.5 Å². The highest BCUT2D eigenvalue weighted by molar-refractivity contribution is 6.43. The lowest BCUT2D eigenvalue weighted by atomic mass is 9.72. The molecule has 11 atom stereocenters. The van der Waals surface area contributed by atoms with Crippen molar-refractivity contribution in [1.29, 1.82) is 0 Å². The van der Waals surface area contributed by atoms with E-state index in [0.717, 1.165) is 18.4 Å². The fourth-order valence-electron chi connectivity index (χ4n) is 8.37. The lowest BCUT2D eigenvalue weighted by Gasteiger charge is -2.49. The van der Waals surface area contributed by atoms with Crippen molar-refractivity contribution in [3.05, 3.63) is 83.0 Å². The monoisotopic (exact) mass is 719 g/mol. The van der Waals surface area contributed by atoms with Gasteiger partial charge in [-0.3, -0.25) is 0 Å². The number of rotatable bonds is 5. The molecule has 6 rings (SSSR count). The number of fused-ring (bicyclic) bond motifs is 2. The topological polar surface area (TPSA) is 142 Å². The largest absolute Gasteiger partial charge is 0.459 e. The molecule has 0 amide bonds. The summed E-state index contributed by atoms with van der Waals surface area (Å²) in [6, 6.07) is 8.99. The molecule has 0 saturated carbocycles. The second-order valence-electron chi connectivity index (χ2n) is 15.1. The van der Waals surface area contributed by atoms with Gasteiger partial charge in [0.15, 0.2) is 11.5 Å². The molecule has 1 aromatic rings. The first kappa shape index (κ1) is 38.1. The number of hydrogen-bond donors (Lipinski definition) is 2. The number of hydrogen-bond acceptors (Lipinski definition) is 11. The minimum absolute atomic E-state index is 0.00353. The Morgan fingerprint density at radius 1 is 1.10 bits per heavy atom. The standard InChI is InChI=1S/C41H53NO10/c1-7-33-24(2)18-19-40(52-33)22-31-21-30(51-40)17-16-26(4)36(50-39(45)34(42-47-6)28-13-9-8-10-14-28)25(3)12-11-15-29-23-48-37-35(43)27(5)20-32(38(44)49-31)41(29,37)46/h8-16,20,24-25,27,30-31,33,35-37,43,46H,7,17-19,21-23H2,1-6H3/b12-11+,26-16+,29-15+,42-34+/t24-,25-,27-,30+,31-,33+,35+,36+,37?,40?,41+/m0/s1. The Bertz CT molecular complexity index is 1630. The lowest BCUT2D eigenvalue weighted by molar-refractivity contribution is -0.334. The van der Waals surface area contributed by atoms with Gasteiger partial charge >= 0.3 is 11.9 Å². The fourth-order valence-corrected chi connectivity index (χ4v) is 8.37. The van der Waals surface area contributed by atoms with Crippen molar-refractivity contribution < 1.29 is 48.3 Å². The highest BCUT2D eigenvalue weighted by Gasteiger charge is 2.58. The smallest absolute Gasteiger partial charge is 0.361 e. The molecule has 1 aliphatic carbocycles. The molecule has 3 fully saturated rings. The summed E-state index contributed by atoms with van der Waals surface area (Å²) in [6.07, 6.45) is 8.81. The summed E-state index contributed by atoms with van der Waals surface area (Å²) in [4.78, 5) is 32.9. The van der Waals surface area contributed by atoms with E-state index in [1.807, 2.05) is 44.2 Å². The molecule has 0 radical (unpaired) electrons. The highest BCUT2D eigenvalue weighted by Crippen LogP contribution is 2.47. The molecule has 1 spiro atoms. The summed E-state index contributed by atoms with van der Waals surface area (Å²) < 4.78 is 31.9. The average Bonchev–Trinajstić information content (AvgIpc) is 3.47. The predicted octanol–water partition coefficient (Wildman–Crippen LogP) is 5.50. The van der Waals surface area contributed by atoms with Crippen LogP contribution in [0.15, 0.2) is 82.6 Å². The van der Waals surface area contributed by atoms with E-state index >= 15 is 0 Å². The Hall–Kier alpha value is -3.61. The van der Waals surface area contributed by atoms with Crippen LogP contribution in [0, 0.1) is 17.8 Å². The van der Waals surface area contributed by atoms with Crippen LogP contribution in [0.3, 0.4) is 0 Å². The zero-order chi connectivity index (χ0) is 37.2. The molecule has 2 unspecified atom stereocenters. The zero-order valence-electron chi connectivity index (χ0n) is 31.0. The second kappa shape index (κ2) is 15.8. The summed E-state index contributed by atoms with van der Waals surface area (Å²) in [5.74, 6) is -2.66. The molecule has 1 aromatic carbocycles. The van der Waals surface area contributed by atoms with Crippen molar-refractivity contribution >= 4 is 17.7 Å². The number of ether oxygens (including phenoxy) is 5. The molecular weight excluding hydrogens is 666 g/mol. The maximum absolute atomic E-state index is 14.1. The Kier molecular flexibility index (Phi) is 11.6. The Morgan fingerprint density at radius 3 is 2.60 bits per heavy atom. The first-order valence-corrected chi connectivity index (χ1v) is 18.6. The zero-order valence-corrected chi connectivity index (χ0v) is 31.0. The van der Waals surface area contributed by atoms with Gasteiger partial charge in [0.2, 0.25) is 0 Å². The number of carbonyl (C=O) groups is 2. The van der Waals surface area contributed by atoms with E-state index in [1.165, 1.54) is 7.11 Å². The first-order chi connectivity index (χ1) is 24.9. The van der Waals surface area contributed by atoms with Gasteiger partial charge in [0.1, 0.15) is 31.0 Å². The minimum atomic E-state index is -1.90. The van der Waals surface area contributed by atoms with Gasteiger partial charge in [0.25, 0.3) is 0 Å². The minimum Gasteiger partial charge on any atom is -0.459 e. The van der Waals surface area contributed by atoms with Gasteiger partial charge in [-0.25, -0.2) is 9.59 Å². The van der Waals surface area contributed by atoms with Gasteiger partial charge in [-0.2, -0.15) is 0 Å². The molecule has 4 aliphatic heterocycles. The van der Waals surface area contributed by atoms with Crippen LogP contribution < -0.4 is 0 Å². The number of oxime groups is 1. The van der Waals surface area contributed by atoms with E-state index in [0.29, 0.717) is 42.7 Å². The van der Waals surface area contributed by atoms with Crippen LogP contribution in [0.1, 0.15) is 78.7 Å². The van der Waals surface area contributed by atoms with Crippen molar-refractivity contribution in [2.45, 2.75) is 121 Å². The van der Waals surface area contributed by atoms with Crippen LogP contribution in [0.25, 0.3) is 0 Å². The summed E-state index contributed by atoms with van der Waals surface area (Å²) in [5, 5.41) is 27.4. The Morgan fingerprint density at radius 2 is 1.87 bits per heavy atom. The molecule has 52 heavy (non-hydrogen) atoms. The van der Waals surface area contributed by atoms with E-state index in [1.54, 1.807) is 37.3 Å². The number of aliphatic hydroxyl groups is 2. The molecule has 2 bridgehead atoms. The van der Waals surface area contributed by atoms with Gasteiger partial charge in [-0.15, -0.1) is 0 Å². The van der Waals surface area contributed by atoms with Crippen molar-refractivity contribution in [1.82, 2.24) is 0 Å². The number of carbonyl (C=O) groups excluding carboxylic acids is 2. The van der Waals surface area contributed by atoms with Crippen LogP contribution in [0.5, 0.6) is 0 Å². The van der Waals surface area contributed by atoms with E-state index in [2.05, 4.69) is 19.0 Å². The van der Waals surface area contributed by atoms with Gasteiger partial charge < -0.3 is 38.7 Å². The summed E-state index contributed by atoms with van der Waals surface area (Å²) in [5.41, 5.74) is -0.0285. The van der Waals surface area contributed by atoms with Gasteiger partial charge in [0, 0.05) is 36.7 Å². The first-order valence-electron chi connectivity index (χ1n) is 18.6. The van der Waals surface area contributed by atoms with Crippen LogP contribution in [-0.4, -0.2) is 89.6 Å². The SMILES string of the molecule is CC[C@H]1OC2(CC[C@@H]1C)C[C@@H]1C[C@@H](C/C=C(\C)[C@H](OC(=O)/C(=N/OC)c3ccccc3)[C@@H](C)/C=C/C=C3\COC4[C@H](O)[C@@H](C)C=C(C(=O)O1)[C@]34O)O2. The quantitative estimate of drug-likeness (QED) is 0.174. The molecule has 11 heteroatoms. The maximum atomic E-state index is 14.1. The predicted molar refractivity (Wildman–Crippen MR) is 193 cm³/mol. The third kappa shape index (κ3) is 7.57. The number of esters is 2.